The molecule has 1 aromatic rings. The fourth-order valence-corrected chi connectivity index (χ4v) is 1.85. The van der Waals surface area contributed by atoms with E-state index in [0.717, 1.165) is 16.4 Å². The van der Waals surface area contributed by atoms with Crippen LogP contribution in [0.4, 0.5) is 18.3 Å². The van der Waals surface area contributed by atoms with Gasteiger partial charge in [0.2, 0.25) is 5.13 Å². The molecule has 0 unspecified atom stereocenters. The zero-order chi connectivity index (χ0) is 10.6. The number of anilines is 1. The van der Waals surface area contributed by atoms with Gasteiger partial charge >= 0.3 is 6.18 Å². The van der Waals surface area contributed by atoms with Crippen LogP contribution in [0.2, 0.25) is 0 Å². The summed E-state index contributed by atoms with van der Waals surface area (Å²) >= 11 is 4.05. The third kappa shape index (κ3) is 3.79. The molecule has 0 saturated carbocycles. The maximum Gasteiger partial charge on any atom is 0.406 e. The van der Waals surface area contributed by atoms with E-state index in [0.29, 0.717) is 10.5 Å². The Balaban J connectivity index is 2.65. The van der Waals surface area contributed by atoms with E-state index in [9.17, 15) is 13.2 Å². The first-order chi connectivity index (χ1) is 6.53. The molecule has 1 rings (SSSR count). The number of rotatable bonds is 4. The van der Waals surface area contributed by atoms with Gasteiger partial charge in [-0.2, -0.15) is 17.5 Å². The van der Waals surface area contributed by atoms with E-state index in [4.69, 9.17) is 0 Å². The van der Waals surface area contributed by atoms with Crippen molar-refractivity contribution < 1.29 is 13.2 Å². The minimum Gasteiger partial charge on any atom is -0.337 e. The summed E-state index contributed by atoms with van der Waals surface area (Å²) in [6.07, 6.45) is -2.97. The van der Waals surface area contributed by atoms with Gasteiger partial charge in [-0.15, -0.1) is 0 Å². The molecule has 0 saturated heterocycles. The van der Waals surface area contributed by atoms with Crippen molar-refractivity contribution in [2.24, 2.45) is 0 Å². The maximum atomic E-state index is 12.1. The first-order valence-electron chi connectivity index (χ1n) is 3.67. The molecule has 3 nitrogen and oxygen atoms in total. The van der Waals surface area contributed by atoms with Gasteiger partial charge in [0.25, 0.3) is 0 Å². The summed E-state index contributed by atoms with van der Waals surface area (Å²) in [5.41, 5.74) is 0. The molecule has 0 bridgehead atoms. The Hall–Kier alpha value is -0.370. The SMILES string of the molecule is FC(F)(F)CN(CCBr)c1ncns1. The van der Waals surface area contributed by atoms with Gasteiger partial charge in [-0.3, -0.25) is 0 Å². The summed E-state index contributed by atoms with van der Waals surface area (Å²) in [7, 11) is 0. The fraction of sp³-hybridized carbons (Fsp3) is 0.667. The van der Waals surface area contributed by atoms with Crippen LogP contribution in [-0.2, 0) is 0 Å². The molecule has 8 heteroatoms. The lowest BCUT2D eigenvalue weighted by molar-refractivity contribution is -0.119. The lowest BCUT2D eigenvalue weighted by atomic mass is 10.5. The number of nitrogens with zero attached hydrogens (tertiary/aromatic N) is 3. The standard InChI is InChI=1S/C6H7BrF3N3S/c7-1-2-13(3-6(8,9)10)5-11-4-12-14-5/h4H,1-3H2. The largest absolute Gasteiger partial charge is 0.406 e. The van der Waals surface area contributed by atoms with E-state index < -0.39 is 12.7 Å². The summed E-state index contributed by atoms with van der Waals surface area (Å²) in [6.45, 7) is -0.734. The molecule has 80 valence electrons. The molecule has 1 heterocycles. The molecule has 0 aliphatic heterocycles. The average Bonchev–Trinajstić information content (AvgIpc) is 2.52. The second kappa shape index (κ2) is 4.92. The molecule has 0 spiro atoms. The molecule has 0 aliphatic rings. The van der Waals surface area contributed by atoms with Crippen molar-refractivity contribution in [1.82, 2.24) is 9.36 Å². The van der Waals surface area contributed by atoms with Crippen molar-refractivity contribution >= 4 is 32.6 Å². The molecule has 0 N–H and O–H groups in total. The van der Waals surface area contributed by atoms with E-state index in [-0.39, 0.29) is 6.54 Å². The number of aromatic nitrogens is 2. The number of hydrogen-bond acceptors (Lipinski definition) is 4. The molecular formula is C6H7BrF3N3S. The van der Waals surface area contributed by atoms with Gasteiger partial charge in [-0.05, 0) is 0 Å². The van der Waals surface area contributed by atoms with Crippen LogP contribution in [-0.4, -0.2) is 34.0 Å². The highest BCUT2D eigenvalue weighted by Gasteiger charge is 2.31. The van der Waals surface area contributed by atoms with Crippen LogP contribution in [0.5, 0.6) is 0 Å². The molecule has 0 radical (unpaired) electrons. The van der Waals surface area contributed by atoms with E-state index >= 15 is 0 Å². The van der Waals surface area contributed by atoms with Gasteiger partial charge in [-0.25, -0.2) is 4.98 Å². The van der Waals surface area contributed by atoms with Crippen LogP contribution in [0, 0.1) is 0 Å². The lowest BCUT2D eigenvalue weighted by Crippen LogP contribution is -2.35. The van der Waals surface area contributed by atoms with Crippen molar-refractivity contribution in [2.75, 3.05) is 23.3 Å². The number of hydrogen-bond donors (Lipinski definition) is 0. The molecule has 1 aromatic heterocycles. The Labute approximate surface area is 91.2 Å². The van der Waals surface area contributed by atoms with Crippen LogP contribution >= 0.6 is 27.5 Å². The summed E-state index contributed by atoms with van der Waals surface area (Å²) in [4.78, 5) is 4.88. The van der Waals surface area contributed by atoms with E-state index in [1.54, 1.807) is 0 Å². The second-order valence-corrected chi connectivity index (χ2v) is 4.00. The minimum absolute atomic E-state index is 0.259. The summed E-state index contributed by atoms with van der Waals surface area (Å²) < 4.78 is 40.0. The third-order valence-corrected chi connectivity index (χ3v) is 2.43. The van der Waals surface area contributed by atoms with Crippen molar-refractivity contribution in [2.45, 2.75) is 6.18 Å². The Morgan fingerprint density at radius 2 is 2.21 bits per heavy atom. The van der Waals surface area contributed by atoms with Gasteiger partial charge in [0.15, 0.2) is 0 Å². The summed E-state index contributed by atoms with van der Waals surface area (Å²) in [6, 6.07) is 0. The highest BCUT2D eigenvalue weighted by atomic mass is 79.9. The van der Waals surface area contributed by atoms with Crippen LogP contribution in [0.1, 0.15) is 0 Å². The predicted octanol–water partition coefficient (Wildman–Crippen LogP) is 2.30. The molecule has 0 aromatic carbocycles. The Bertz CT molecular complexity index is 264. The monoisotopic (exact) mass is 289 g/mol. The quantitative estimate of drug-likeness (QED) is 0.797. The zero-order valence-corrected chi connectivity index (χ0v) is 9.36. The fourth-order valence-electron chi connectivity index (χ4n) is 0.867. The average molecular weight is 290 g/mol. The first kappa shape index (κ1) is 11.7. The smallest absolute Gasteiger partial charge is 0.337 e. The highest BCUT2D eigenvalue weighted by molar-refractivity contribution is 9.09. The van der Waals surface area contributed by atoms with Crippen molar-refractivity contribution in [3.63, 3.8) is 0 Å². The minimum atomic E-state index is -4.21. The van der Waals surface area contributed by atoms with Gasteiger partial charge in [0, 0.05) is 23.4 Å². The number of alkyl halides is 4. The normalized spacial score (nSPS) is 11.7. The summed E-state index contributed by atoms with van der Waals surface area (Å²) in [5.74, 6) is 0. The second-order valence-electron chi connectivity index (χ2n) is 2.45. The molecule has 0 amide bonds. The molecule has 0 atom stereocenters. The number of halogens is 4. The van der Waals surface area contributed by atoms with E-state index in [1.165, 1.54) is 6.33 Å². The lowest BCUT2D eigenvalue weighted by Gasteiger charge is -2.21. The van der Waals surface area contributed by atoms with E-state index in [2.05, 4.69) is 25.3 Å². The van der Waals surface area contributed by atoms with Crippen molar-refractivity contribution in [3.05, 3.63) is 6.33 Å². The summed E-state index contributed by atoms with van der Waals surface area (Å²) in [5, 5.41) is 0.754. The third-order valence-electron chi connectivity index (χ3n) is 1.34. The highest BCUT2D eigenvalue weighted by Crippen LogP contribution is 2.22. The Morgan fingerprint density at radius 1 is 1.50 bits per heavy atom. The van der Waals surface area contributed by atoms with Crippen molar-refractivity contribution in [1.29, 1.82) is 0 Å². The molecule has 0 fully saturated rings. The zero-order valence-electron chi connectivity index (χ0n) is 6.96. The van der Waals surface area contributed by atoms with E-state index in [1.807, 2.05) is 0 Å². The van der Waals surface area contributed by atoms with Crippen LogP contribution < -0.4 is 4.90 Å². The molecule has 0 aliphatic carbocycles. The van der Waals surface area contributed by atoms with Crippen LogP contribution in [0.3, 0.4) is 0 Å². The topological polar surface area (TPSA) is 29.0 Å². The van der Waals surface area contributed by atoms with Crippen LogP contribution in [0.25, 0.3) is 0 Å². The van der Waals surface area contributed by atoms with Crippen LogP contribution in [0.15, 0.2) is 6.33 Å². The van der Waals surface area contributed by atoms with Crippen molar-refractivity contribution in [3.8, 4) is 0 Å². The van der Waals surface area contributed by atoms with Gasteiger partial charge in [0.05, 0.1) is 0 Å². The Kier molecular flexibility index (Phi) is 4.11. The molecule has 14 heavy (non-hydrogen) atoms. The predicted molar refractivity (Wildman–Crippen MR) is 52.0 cm³/mol. The van der Waals surface area contributed by atoms with Gasteiger partial charge < -0.3 is 4.90 Å². The van der Waals surface area contributed by atoms with Gasteiger partial charge in [-0.1, -0.05) is 15.9 Å². The van der Waals surface area contributed by atoms with Gasteiger partial charge in [0.1, 0.15) is 12.9 Å². The Morgan fingerprint density at radius 3 is 2.64 bits per heavy atom. The molecular weight excluding hydrogens is 283 g/mol. The first-order valence-corrected chi connectivity index (χ1v) is 5.57. The maximum absolute atomic E-state index is 12.1.